The monoisotopic (exact) mass is 983 g/mol. The van der Waals surface area contributed by atoms with Gasteiger partial charge in [0.2, 0.25) is 0 Å². The SMILES string of the molecule is CC/C=C\C/C=C\CCCCCCCCCC(=O)OCC(COC(=O)CCCCCCCCC/C=C\CCCCCCCCCC)OC(=O)CCCCCCCCCCCCCCCCCCCCC. The number of carbonyl (C=O) groups excluding carboxylic acids is 3. The predicted molar refractivity (Wildman–Crippen MR) is 302 cm³/mol. The van der Waals surface area contributed by atoms with Crippen molar-refractivity contribution < 1.29 is 28.6 Å². The Morgan fingerprint density at radius 3 is 0.871 bits per heavy atom. The quantitative estimate of drug-likeness (QED) is 0.0261. The Labute approximate surface area is 435 Å². The Balaban J connectivity index is 4.32. The molecule has 1 atom stereocenters. The molecule has 0 aromatic carbocycles. The number of ether oxygens (including phenoxy) is 3. The molecule has 0 saturated carbocycles. The van der Waals surface area contributed by atoms with Gasteiger partial charge in [0, 0.05) is 19.3 Å². The van der Waals surface area contributed by atoms with Crippen molar-refractivity contribution in [1.82, 2.24) is 0 Å². The maximum absolute atomic E-state index is 12.9. The zero-order valence-electron chi connectivity index (χ0n) is 47.1. The third-order valence-corrected chi connectivity index (χ3v) is 13.9. The van der Waals surface area contributed by atoms with Gasteiger partial charge < -0.3 is 14.2 Å². The first-order valence-corrected chi connectivity index (χ1v) is 31.0. The summed E-state index contributed by atoms with van der Waals surface area (Å²) in [4.78, 5) is 38.2. The number of carbonyl (C=O) groups is 3. The van der Waals surface area contributed by atoms with Gasteiger partial charge in [-0.05, 0) is 70.6 Å². The van der Waals surface area contributed by atoms with Crippen LogP contribution in [0.25, 0.3) is 0 Å². The zero-order valence-corrected chi connectivity index (χ0v) is 47.1. The van der Waals surface area contributed by atoms with Crippen molar-refractivity contribution in [2.45, 2.75) is 341 Å². The van der Waals surface area contributed by atoms with Crippen LogP contribution < -0.4 is 0 Å². The van der Waals surface area contributed by atoms with E-state index >= 15 is 0 Å². The van der Waals surface area contributed by atoms with Crippen LogP contribution in [0, 0.1) is 0 Å². The van der Waals surface area contributed by atoms with E-state index in [0.29, 0.717) is 19.3 Å². The third-order valence-electron chi connectivity index (χ3n) is 13.9. The molecular formula is C64H118O6. The van der Waals surface area contributed by atoms with Crippen molar-refractivity contribution in [2.24, 2.45) is 0 Å². The summed E-state index contributed by atoms with van der Waals surface area (Å²) in [6, 6.07) is 0. The standard InChI is InChI=1S/C64H118O6/c1-4-7-10-13-16-19-22-25-28-30-32-34-36-39-42-45-48-51-54-57-63(66)69-60-61(59-68-62(65)56-53-50-47-44-41-38-27-24-21-18-15-12-9-6-3)70-64(67)58-55-52-49-46-43-40-37-35-33-31-29-26-23-20-17-14-11-8-5-2/h9,12,18,21,30,32,61H,4-8,10-11,13-17,19-20,22-29,31,33-60H2,1-3H3/b12-9-,21-18-,32-30-. The normalized spacial score (nSPS) is 12.2. The minimum absolute atomic E-state index is 0.0731. The lowest BCUT2D eigenvalue weighted by molar-refractivity contribution is -0.167. The molecule has 0 fully saturated rings. The lowest BCUT2D eigenvalue weighted by Gasteiger charge is -2.18. The van der Waals surface area contributed by atoms with Gasteiger partial charge in [0.25, 0.3) is 0 Å². The Morgan fingerprint density at radius 1 is 0.300 bits per heavy atom. The highest BCUT2D eigenvalue weighted by Gasteiger charge is 2.19. The number of allylic oxidation sites excluding steroid dienone is 6. The van der Waals surface area contributed by atoms with Crippen LogP contribution in [0.15, 0.2) is 36.5 Å². The van der Waals surface area contributed by atoms with Crippen LogP contribution in [-0.2, 0) is 28.6 Å². The second-order valence-corrected chi connectivity index (χ2v) is 20.9. The molecule has 0 saturated heterocycles. The molecule has 70 heavy (non-hydrogen) atoms. The molecule has 0 rings (SSSR count). The minimum atomic E-state index is -0.775. The molecule has 0 aliphatic heterocycles. The molecule has 6 nitrogen and oxygen atoms in total. The van der Waals surface area contributed by atoms with Crippen molar-refractivity contribution in [3.8, 4) is 0 Å². The maximum Gasteiger partial charge on any atom is 0.306 e. The molecule has 0 aliphatic rings. The van der Waals surface area contributed by atoms with E-state index in [1.807, 2.05) is 0 Å². The summed E-state index contributed by atoms with van der Waals surface area (Å²) in [6.45, 7) is 6.58. The van der Waals surface area contributed by atoms with Gasteiger partial charge in [-0.15, -0.1) is 0 Å². The molecule has 0 aliphatic carbocycles. The average molecular weight is 984 g/mol. The van der Waals surface area contributed by atoms with Crippen molar-refractivity contribution in [1.29, 1.82) is 0 Å². The van der Waals surface area contributed by atoms with Gasteiger partial charge in [0.05, 0.1) is 0 Å². The van der Waals surface area contributed by atoms with E-state index < -0.39 is 6.10 Å². The maximum atomic E-state index is 12.9. The van der Waals surface area contributed by atoms with Crippen LogP contribution in [-0.4, -0.2) is 37.2 Å². The summed E-state index contributed by atoms with van der Waals surface area (Å²) in [5, 5.41) is 0. The first-order chi connectivity index (χ1) is 34.5. The van der Waals surface area contributed by atoms with Crippen LogP contribution in [0.5, 0.6) is 0 Å². The summed E-state index contributed by atoms with van der Waals surface area (Å²) in [6.07, 6.45) is 71.4. The molecule has 0 N–H and O–H groups in total. The number of rotatable bonds is 57. The Kier molecular flexibility index (Phi) is 57.2. The molecule has 0 amide bonds. The summed E-state index contributed by atoms with van der Waals surface area (Å²) in [5.41, 5.74) is 0. The fraction of sp³-hybridized carbons (Fsp3) is 0.859. The van der Waals surface area contributed by atoms with Crippen LogP contribution in [0.4, 0.5) is 0 Å². The smallest absolute Gasteiger partial charge is 0.306 e. The van der Waals surface area contributed by atoms with E-state index in [1.54, 1.807) is 0 Å². The summed E-state index contributed by atoms with van der Waals surface area (Å²) < 4.78 is 16.9. The van der Waals surface area contributed by atoms with Gasteiger partial charge in [-0.3, -0.25) is 14.4 Å². The Hall–Kier alpha value is -2.37. The van der Waals surface area contributed by atoms with Crippen LogP contribution in [0.2, 0.25) is 0 Å². The second-order valence-electron chi connectivity index (χ2n) is 20.9. The predicted octanol–water partition coefficient (Wildman–Crippen LogP) is 20.8. The zero-order chi connectivity index (χ0) is 50.7. The topological polar surface area (TPSA) is 78.9 Å². The Morgan fingerprint density at radius 2 is 0.557 bits per heavy atom. The van der Waals surface area contributed by atoms with E-state index in [4.69, 9.17) is 14.2 Å². The minimum Gasteiger partial charge on any atom is -0.462 e. The Bertz CT molecular complexity index is 1170. The summed E-state index contributed by atoms with van der Waals surface area (Å²) >= 11 is 0. The molecule has 0 heterocycles. The van der Waals surface area contributed by atoms with Crippen LogP contribution >= 0.6 is 0 Å². The molecule has 6 heteroatoms. The first kappa shape index (κ1) is 67.6. The fourth-order valence-corrected chi connectivity index (χ4v) is 9.24. The van der Waals surface area contributed by atoms with Gasteiger partial charge in [-0.1, -0.05) is 282 Å². The summed E-state index contributed by atoms with van der Waals surface area (Å²) in [5.74, 6) is -0.863. The molecule has 1 unspecified atom stereocenters. The highest BCUT2D eigenvalue weighted by atomic mass is 16.6. The highest BCUT2D eigenvalue weighted by molar-refractivity contribution is 5.71. The number of hydrogen-bond donors (Lipinski definition) is 0. The molecule has 410 valence electrons. The number of unbranched alkanes of at least 4 members (excludes halogenated alkanes) is 40. The van der Waals surface area contributed by atoms with E-state index in [-0.39, 0.29) is 31.1 Å². The lowest BCUT2D eigenvalue weighted by atomic mass is 10.0. The van der Waals surface area contributed by atoms with E-state index in [0.717, 1.165) is 77.0 Å². The highest BCUT2D eigenvalue weighted by Crippen LogP contribution is 2.17. The first-order valence-electron chi connectivity index (χ1n) is 31.0. The molecule has 0 aromatic rings. The molecule has 0 spiro atoms. The van der Waals surface area contributed by atoms with Crippen LogP contribution in [0.1, 0.15) is 335 Å². The second kappa shape index (κ2) is 59.2. The van der Waals surface area contributed by atoms with Crippen LogP contribution in [0.3, 0.4) is 0 Å². The molecule has 0 aromatic heterocycles. The van der Waals surface area contributed by atoms with E-state index in [1.165, 1.54) is 218 Å². The van der Waals surface area contributed by atoms with Gasteiger partial charge in [-0.2, -0.15) is 0 Å². The lowest BCUT2D eigenvalue weighted by Crippen LogP contribution is -2.30. The van der Waals surface area contributed by atoms with Crippen molar-refractivity contribution in [2.75, 3.05) is 13.2 Å². The van der Waals surface area contributed by atoms with Gasteiger partial charge in [0.15, 0.2) is 6.10 Å². The average Bonchev–Trinajstić information content (AvgIpc) is 3.36. The molecular weight excluding hydrogens is 865 g/mol. The fourth-order valence-electron chi connectivity index (χ4n) is 9.24. The van der Waals surface area contributed by atoms with Gasteiger partial charge >= 0.3 is 17.9 Å². The van der Waals surface area contributed by atoms with E-state index in [9.17, 15) is 14.4 Å². The third kappa shape index (κ3) is 56.5. The molecule has 0 radical (unpaired) electrons. The molecule has 0 bridgehead atoms. The van der Waals surface area contributed by atoms with Crippen molar-refractivity contribution >= 4 is 17.9 Å². The van der Waals surface area contributed by atoms with Gasteiger partial charge in [0.1, 0.15) is 13.2 Å². The number of esters is 3. The van der Waals surface area contributed by atoms with E-state index in [2.05, 4.69) is 57.2 Å². The largest absolute Gasteiger partial charge is 0.462 e. The number of hydrogen-bond acceptors (Lipinski definition) is 6. The summed E-state index contributed by atoms with van der Waals surface area (Å²) in [7, 11) is 0. The van der Waals surface area contributed by atoms with Gasteiger partial charge in [-0.25, -0.2) is 0 Å². The van der Waals surface area contributed by atoms with Crippen molar-refractivity contribution in [3.05, 3.63) is 36.5 Å². The van der Waals surface area contributed by atoms with Crippen molar-refractivity contribution in [3.63, 3.8) is 0 Å².